The number of fused-ring (bicyclic) bond motifs is 2. The second-order valence-electron chi connectivity index (χ2n) is 9.41. The van der Waals surface area contributed by atoms with Gasteiger partial charge in [0.2, 0.25) is 11.8 Å². The molecule has 0 aliphatic carbocycles. The second-order valence-corrected chi connectivity index (χ2v) is 9.41. The quantitative estimate of drug-likeness (QED) is 0.703. The summed E-state index contributed by atoms with van der Waals surface area (Å²) in [5.41, 5.74) is 6.40. The summed E-state index contributed by atoms with van der Waals surface area (Å²) in [5, 5.41) is 12.8. The first kappa shape index (κ1) is 23.2. The molecule has 3 heterocycles. The molecule has 1 aromatic heterocycles. The molecule has 1 spiro atoms. The van der Waals surface area contributed by atoms with Gasteiger partial charge < -0.3 is 20.9 Å². The van der Waals surface area contributed by atoms with Crippen LogP contribution in [0.15, 0.2) is 42.5 Å². The lowest BCUT2D eigenvalue weighted by atomic mass is 9.80. The van der Waals surface area contributed by atoms with Crippen LogP contribution in [0, 0.1) is 17.2 Å². The van der Waals surface area contributed by atoms with Crippen LogP contribution in [0.25, 0.3) is 0 Å². The summed E-state index contributed by atoms with van der Waals surface area (Å²) in [6, 6.07) is 12.7. The summed E-state index contributed by atoms with van der Waals surface area (Å²) in [6.07, 6.45) is 0.606. The molecule has 9 heteroatoms. The SMILES string of the molecule is CC(C)C[C@@H](C(=O)N1C[C@]2(C[C@H]1C#N)C(=O)Nc1ccccc12)N(C)C(=O)c1cccc(N)n1. The largest absolute Gasteiger partial charge is 0.384 e. The average molecular weight is 461 g/mol. The monoisotopic (exact) mass is 460 g/mol. The standard InChI is InChI=1S/C25H28N6O3/c1-15(2)11-20(30(3)22(32)19-9-6-10-21(27)28-19)23(33)31-14-25(12-16(31)13-26)17-7-4-5-8-18(17)29-24(25)34/h4-10,15-16,20H,11-12,14H2,1-3H3,(H2,27,28)(H,29,34)/t16-,20-,25-/m0/s1. The fourth-order valence-corrected chi connectivity index (χ4v) is 4.94. The Morgan fingerprint density at radius 3 is 2.71 bits per heavy atom. The van der Waals surface area contributed by atoms with E-state index in [-0.39, 0.29) is 42.2 Å². The fraction of sp³-hybridized carbons (Fsp3) is 0.400. The van der Waals surface area contributed by atoms with Crippen molar-refractivity contribution in [3.8, 4) is 6.07 Å². The Labute approximate surface area is 198 Å². The van der Waals surface area contributed by atoms with Gasteiger partial charge in [0, 0.05) is 25.7 Å². The maximum Gasteiger partial charge on any atom is 0.272 e. The van der Waals surface area contributed by atoms with E-state index in [4.69, 9.17) is 5.73 Å². The second kappa shape index (κ2) is 8.78. The molecule has 2 aliphatic rings. The molecule has 176 valence electrons. The molecule has 34 heavy (non-hydrogen) atoms. The summed E-state index contributed by atoms with van der Waals surface area (Å²) in [7, 11) is 1.56. The first-order chi connectivity index (χ1) is 16.2. The van der Waals surface area contributed by atoms with E-state index in [0.29, 0.717) is 12.1 Å². The van der Waals surface area contributed by atoms with Crippen molar-refractivity contribution in [3.05, 3.63) is 53.7 Å². The van der Waals surface area contributed by atoms with Crippen molar-refractivity contribution in [3.63, 3.8) is 0 Å². The van der Waals surface area contributed by atoms with E-state index < -0.39 is 23.4 Å². The number of hydrogen-bond acceptors (Lipinski definition) is 6. The highest BCUT2D eigenvalue weighted by Crippen LogP contribution is 2.46. The Kier molecular flexibility index (Phi) is 6.00. The number of nitrogens with one attached hydrogen (secondary N) is 1. The Hall–Kier alpha value is -3.93. The van der Waals surface area contributed by atoms with Gasteiger partial charge in [-0.1, -0.05) is 38.1 Å². The minimum atomic E-state index is -0.979. The number of amides is 3. The molecule has 1 fully saturated rings. The highest BCUT2D eigenvalue weighted by Gasteiger charge is 2.56. The van der Waals surface area contributed by atoms with E-state index in [1.165, 1.54) is 9.80 Å². The van der Waals surface area contributed by atoms with Gasteiger partial charge >= 0.3 is 0 Å². The van der Waals surface area contributed by atoms with Crippen molar-refractivity contribution in [1.29, 1.82) is 5.26 Å². The molecule has 0 saturated carbocycles. The van der Waals surface area contributed by atoms with E-state index in [9.17, 15) is 19.6 Å². The molecular weight excluding hydrogens is 432 g/mol. The van der Waals surface area contributed by atoms with Gasteiger partial charge in [-0.2, -0.15) is 5.26 Å². The molecule has 0 radical (unpaired) electrons. The maximum absolute atomic E-state index is 13.9. The topological polar surface area (TPSA) is 132 Å². The van der Waals surface area contributed by atoms with Crippen LogP contribution in [0.1, 0.15) is 42.7 Å². The van der Waals surface area contributed by atoms with Crippen LogP contribution in [0.3, 0.4) is 0 Å². The van der Waals surface area contributed by atoms with Gasteiger partial charge in [-0.25, -0.2) is 4.98 Å². The summed E-state index contributed by atoms with van der Waals surface area (Å²) in [4.78, 5) is 47.0. The minimum Gasteiger partial charge on any atom is -0.384 e. The minimum absolute atomic E-state index is 0.0834. The summed E-state index contributed by atoms with van der Waals surface area (Å²) < 4.78 is 0. The van der Waals surface area contributed by atoms with Crippen molar-refractivity contribution in [2.45, 2.75) is 44.2 Å². The van der Waals surface area contributed by atoms with Gasteiger partial charge in [-0.15, -0.1) is 0 Å². The molecule has 0 bridgehead atoms. The summed E-state index contributed by atoms with van der Waals surface area (Å²) in [5.74, 6) is -0.682. The van der Waals surface area contributed by atoms with E-state index in [1.807, 2.05) is 38.1 Å². The number of para-hydroxylation sites is 1. The Morgan fingerprint density at radius 2 is 2.03 bits per heavy atom. The van der Waals surface area contributed by atoms with Crippen LogP contribution >= 0.6 is 0 Å². The zero-order chi connectivity index (χ0) is 24.6. The maximum atomic E-state index is 13.9. The third-order valence-electron chi connectivity index (χ3n) is 6.67. The van der Waals surface area contributed by atoms with Crippen molar-refractivity contribution >= 4 is 29.2 Å². The number of nitrogen functional groups attached to an aromatic ring is 1. The lowest BCUT2D eigenvalue weighted by Gasteiger charge is -2.33. The van der Waals surface area contributed by atoms with Crippen molar-refractivity contribution < 1.29 is 14.4 Å². The molecule has 2 aliphatic heterocycles. The van der Waals surface area contributed by atoms with Gasteiger partial charge in [0.15, 0.2) is 0 Å². The number of nitrogens with zero attached hydrogens (tertiary/aromatic N) is 4. The molecule has 3 N–H and O–H groups in total. The average Bonchev–Trinajstić information content (AvgIpc) is 3.34. The number of benzene rings is 1. The Balaban J connectivity index is 1.66. The number of anilines is 2. The van der Waals surface area contributed by atoms with Crippen LogP contribution < -0.4 is 11.1 Å². The summed E-state index contributed by atoms with van der Waals surface area (Å²) >= 11 is 0. The first-order valence-corrected chi connectivity index (χ1v) is 11.3. The lowest BCUT2D eigenvalue weighted by molar-refractivity contribution is -0.136. The number of pyridine rings is 1. The number of nitrogens with two attached hydrogens (primary N) is 1. The third-order valence-corrected chi connectivity index (χ3v) is 6.67. The number of aromatic nitrogens is 1. The van der Waals surface area contributed by atoms with E-state index in [2.05, 4.69) is 16.4 Å². The van der Waals surface area contributed by atoms with Crippen LogP contribution in [0.4, 0.5) is 11.5 Å². The number of likely N-dealkylation sites (N-methyl/N-ethyl adjacent to an activating group) is 1. The van der Waals surface area contributed by atoms with Gasteiger partial charge in [-0.05, 0) is 36.1 Å². The number of hydrogen-bond donors (Lipinski definition) is 2. The zero-order valence-electron chi connectivity index (χ0n) is 19.5. The van der Waals surface area contributed by atoms with Crippen molar-refractivity contribution in [2.75, 3.05) is 24.6 Å². The molecule has 9 nitrogen and oxygen atoms in total. The number of rotatable bonds is 5. The first-order valence-electron chi connectivity index (χ1n) is 11.3. The Morgan fingerprint density at radius 1 is 1.29 bits per heavy atom. The zero-order valence-corrected chi connectivity index (χ0v) is 19.5. The normalized spacial score (nSPS) is 21.8. The number of likely N-dealkylation sites (tertiary alicyclic amines) is 1. The highest BCUT2D eigenvalue weighted by atomic mass is 16.2. The predicted octanol–water partition coefficient (Wildman–Crippen LogP) is 2.17. The molecule has 3 amide bonds. The number of carbonyl (C=O) groups is 3. The smallest absolute Gasteiger partial charge is 0.272 e. The lowest BCUT2D eigenvalue weighted by Crippen LogP contribution is -2.52. The fourth-order valence-electron chi connectivity index (χ4n) is 4.94. The Bertz CT molecular complexity index is 1190. The molecule has 1 aromatic carbocycles. The molecule has 3 atom stereocenters. The van der Waals surface area contributed by atoms with E-state index in [0.717, 1.165) is 5.56 Å². The van der Waals surface area contributed by atoms with Gasteiger partial charge in [0.1, 0.15) is 23.6 Å². The van der Waals surface area contributed by atoms with Crippen LogP contribution in [-0.4, -0.2) is 58.2 Å². The molecular formula is C25H28N6O3. The van der Waals surface area contributed by atoms with Crippen molar-refractivity contribution in [2.24, 2.45) is 5.92 Å². The molecule has 1 saturated heterocycles. The number of nitriles is 1. The van der Waals surface area contributed by atoms with Crippen LogP contribution in [0.2, 0.25) is 0 Å². The van der Waals surface area contributed by atoms with E-state index in [1.54, 1.807) is 25.2 Å². The summed E-state index contributed by atoms with van der Waals surface area (Å²) in [6.45, 7) is 4.01. The molecule has 0 unspecified atom stereocenters. The molecule has 2 aromatic rings. The van der Waals surface area contributed by atoms with Gasteiger partial charge in [0.05, 0.1) is 11.5 Å². The van der Waals surface area contributed by atoms with Crippen LogP contribution in [0.5, 0.6) is 0 Å². The molecule has 4 rings (SSSR count). The third kappa shape index (κ3) is 3.85. The van der Waals surface area contributed by atoms with E-state index >= 15 is 0 Å². The van der Waals surface area contributed by atoms with Gasteiger partial charge in [-0.3, -0.25) is 14.4 Å². The van der Waals surface area contributed by atoms with Gasteiger partial charge in [0.25, 0.3) is 5.91 Å². The van der Waals surface area contributed by atoms with Crippen LogP contribution in [-0.2, 0) is 15.0 Å². The van der Waals surface area contributed by atoms with Crippen molar-refractivity contribution in [1.82, 2.24) is 14.8 Å². The highest BCUT2D eigenvalue weighted by molar-refractivity contribution is 6.07. The predicted molar refractivity (Wildman–Crippen MR) is 126 cm³/mol. The number of carbonyl (C=O) groups excluding carboxylic acids is 3.